The lowest BCUT2D eigenvalue weighted by atomic mass is 10.00. The van der Waals surface area contributed by atoms with Crippen LogP contribution in [0.4, 0.5) is 23.3 Å². The van der Waals surface area contributed by atoms with Crippen LogP contribution in [0.15, 0.2) is 83.5 Å². The molecule has 0 saturated carbocycles. The molecule has 9 heteroatoms. The highest BCUT2D eigenvalue weighted by Gasteiger charge is 2.23. The molecule has 2 aliphatic heterocycles. The maximum Gasteiger partial charge on any atom is 0.232 e. The molecule has 38 heavy (non-hydrogen) atoms. The quantitative estimate of drug-likeness (QED) is 0.355. The fourth-order valence-corrected chi connectivity index (χ4v) is 5.22. The van der Waals surface area contributed by atoms with Crippen LogP contribution >= 0.6 is 12.2 Å². The van der Waals surface area contributed by atoms with Crippen molar-refractivity contribution in [2.75, 3.05) is 52.7 Å². The van der Waals surface area contributed by atoms with Crippen molar-refractivity contribution in [3.63, 3.8) is 0 Å². The number of thiocarbonyl (C=S) groups is 1. The molecular formula is C29H31N7OS. The van der Waals surface area contributed by atoms with Crippen LogP contribution in [-0.2, 0) is 19.5 Å². The van der Waals surface area contributed by atoms with Gasteiger partial charge in [-0.2, -0.15) is 9.97 Å². The van der Waals surface area contributed by atoms with Gasteiger partial charge < -0.3 is 29.8 Å². The van der Waals surface area contributed by atoms with Crippen LogP contribution in [0.1, 0.15) is 16.9 Å². The summed E-state index contributed by atoms with van der Waals surface area (Å²) < 4.78 is 5.40. The Morgan fingerprint density at radius 1 is 0.789 bits per heavy atom. The minimum absolute atomic E-state index is 0.461. The van der Waals surface area contributed by atoms with Crippen LogP contribution in [0, 0.1) is 0 Å². The first kappa shape index (κ1) is 24.2. The summed E-state index contributed by atoms with van der Waals surface area (Å²) in [5.74, 6) is 3.14. The van der Waals surface area contributed by atoms with Crippen LogP contribution < -0.4 is 25.3 Å². The molecule has 6 rings (SSSR count). The molecule has 0 unspecified atom stereocenters. The zero-order valence-corrected chi connectivity index (χ0v) is 22.0. The third kappa shape index (κ3) is 5.57. The Morgan fingerprint density at radius 2 is 1.50 bits per heavy atom. The van der Waals surface area contributed by atoms with Crippen molar-refractivity contribution in [1.29, 1.82) is 0 Å². The lowest BCUT2D eigenvalue weighted by Gasteiger charge is -2.37. The van der Waals surface area contributed by atoms with E-state index in [1.54, 1.807) is 6.26 Å². The van der Waals surface area contributed by atoms with E-state index in [4.69, 9.17) is 26.6 Å². The van der Waals surface area contributed by atoms with Gasteiger partial charge in [0.15, 0.2) is 5.11 Å². The largest absolute Gasteiger partial charge is 0.467 e. The second-order valence-electron chi connectivity index (χ2n) is 9.54. The van der Waals surface area contributed by atoms with E-state index < -0.39 is 0 Å². The first-order valence-electron chi connectivity index (χ1n) is 13.0. The van der Waals surface area contributed by atoms with Crippen molar-refractivity contribution in [2.45, 2.75) is 19.5 Å². The number of rotatable bonds is 6. The minimum atomic E-state index is 0.461. The molecule has 1 fully saturated rings. The molecule has 0 radical (unpaired) electrons. The fraction of sp³-hybridized carbons (Fsp3) is 0.276. The van der Waals surface area contributed by atoms with E-state index >= 15 is 0 Å². The number of aromatic nitrogens is 2. The number of nitrogens with zero attached hydrogens (tertiary/aromatic N) is 5. The average Bonchev–Trinajstić information content (AvgIpc) is 3.50. The van der Waals surface area contributed by atoms with Crippen LogP contribution in [0.2, 0.25) is 0 Å². The van der Waals surface area contributed by atoms with E-state index in [9.17, 15) is 0 Å². The van der Waals surface area contributed by atoms with Crippen LogP contribution in [0.3, 0.4) is 0 Å². The molecule has 0 amide bonds. The summed E-state index contributed by atoms with van der Waals surface area (Å²) in [5, 5.41) is 6.85. The van der Waals surface area contributed by atoms with Gasteiger partial charge in [0.1, 0.15) is 17.4 Å². The molecular weight excluding hydrogens is 494 g/mol. The lowest BCUT2D eigenvalue weighted by Crippen LogP contribution is -2.47. The van der Waals surface area contributed by atoms with Crippen LogP contribution in [-0.4, -0.2) is 47.8 Å². The Labute approximate surface area is 228 Å². The number of para-hydroxylation sites is 1. The minimum Gasteiger partial charge on any atom is -0.467 e. The van der Waals surface area contributed by atoms with E-state index in [1.165, 1.54) is 16.8 Å². The van der Waals surface area contributed by atoms with Crippen molar-refractivity contribution in [2.24, 2.45) is 0 Å². The van der Waals surface area contributed by atoms with Crippen molar-refractivity contribution < 1.29 is 4.42 Å². The lowest BCUT2D eigenvalue weighted by molar-refractivity contribution is 0.503. The van der Waals surface area contributed by atoms with Gasteiger partial charge in [-0.3, -0.25) is 0 Å². The summed E-state index contributed by atoms with van der Waals surface area (Å²) in [5.41, 5.74) is 4.02. The number of nitrogens with one attached hydrogen (secondary N) is 2. The Morgan fingerprint density at radius 3 is 2.26 bits per heavy atom. The molecule has 0 spiro atoms. The molecule has 2 aliphatic rings. The molecule has 0 aliphatic carbocycles. The van der Waals surface area contributed by atoms with E-state index in [0.717, 1.165) is 63.1 Å². The summed E-state index contributed by atoms with van der Waals surface area (Å²) in [7, 11) is 0. The van der Waals surface area contributed by atoms with Crippen LogP contribution in [0.25, 0.3) is 0 Å². The van der Waals surface area contributed by atoms with Gasteiger partial charge in [-0.1, -0.05) is 42.5 Å². The van der Waals surface area contributed by atoms with Gasteiger partial charge in [-0.15, -0.1) is 0 Å². The van der Waals surface area contributed by atoms with Gasteiger partial charge in [0.2, 0.25) is 5.95 Å². The maximum atomic E-state index is 5.55. The van der Waals surface area contributed by atoms with Gasteiger partial charge in [0.05, 0.1) is 12.8 Å². The second-order valence-corrected chi connectivity index (χ2v) is 9.95. The Hall–Kier alpha value is -4.11. The Kier molecular flexibility index (Phi) is 7.08. The fourth-order valence-electron chi connectivity index (χ4n) is 5.05. The number of furan rings is 1. The van der Waals surface area contributed by atoms with E-state index in [0.29, 0.717) is 17.6 Å². The molecule has 4 aromatic rings. The maximum absolute atomic E-state index is 5.55. The van der Waals surface area contributed by atoms with Gasteiger partial charge in [0, 0.05) is 51.0 Å². The summed E-state index contributed by atoms with van der Waals surface area (Å²) in [6.45, 7) is 5.88. The Balaban J connectivity index is 1.21. The first-order chi connectivity index (χ1) is 18.7. The van der Waals surface area contributed by atoms with E-state index in [1.807, 2.05) is 12.1 Å². The second kappa shape index (κ2) is 11.1. The number of fused-ring (bicyclic) bond motifs is 1. The highest BCUT2D eigenvalue weighted by Crippen LogP contribution is 2.28. The zero-order chi connectivity index (χ0) is 25.7. The van der Waals surface area contributed by atoms with Gasteiger partial charge in [-0.25, -0.2) is 0 Å². The number of hydrogen-bond donors (Lipinski definition) is 2. The first-order valence-corrected chi connectivity index (χ1v) is 13.4. The molecule has 2 N–H and O–H groups in total. The molecule has 2 aromatic heterocycles. The van der Waals surface area contributed by atoms with Gasteiger partial charge >= 0.3 is 0 Å². The summed E-state index contributed by atoms with van der Waals surface area (Å²) in [6.07, 6.45) is 2.65. The molecule has 0 atom stereocenters. The topological polar surface area (TPSA) is 72.7 Å². The average molecular weight is 526 g/mol. The zero-order valence-electron chi connectivity index (χ0n) is 21.2. The molecule has 0 bridgehead atoms. The van der Waals surface area contributed by atoms with E-state index in [-0.39, 0.29) is 0 Å². The van der Waals surface area contributed by atoms with Crippen molar-refractivity contribution in [1.82, 2.24) is 15.3 Å². The van der Waals surface area contributed by atoms with Gasteiger partial charge in [0.25, 0.3) is 0 Å². The highest BCUT2D eigenvalue weighted by molar-refractivity contribution is 7.80. The standard InChI is InChI=1S/C29H31N7OS/c38-29(30-20-25-11-6-18-37-25)33-28-31-26(35-16-14-34(15-17-35)24-9-2-1-3-10-24)19-27(32-28)36-13-12-22-7-4-5-8-23(22)21-36/h1-11,18-19H,12-17,20-21H2,(H2,30,31,32,33,38). The smallest absolute Gasteiger partial charge is 0.232 e. The molecule has 2 aromatic carbocycles. The number of piperazine rings is 1. The van der Waals surface area contributed by atoms with Crippen molar-refractivity contribution in [3.05, 3.63) is 95.9 Å². The monoisotopic (exact) mass is 525 g/mol. The number of hydrogen-bond acceptors (Lipinski definition) is 7. The van der Waals surface area contributed by atoms with Gasteiger partial charge in [-0.05, 0) is 54.0 Å². The SMILES string of the molecule is S=C(NCc1ccco1)Nc1nc(N2CCN(c3ccccc3)CC2)cc(N2CCc3ccccc3C2)n1. The third-order valence-electron chi connectivity index (χ3n) is 7.11. The van der Waals surface area contributed by atoms with Crippen molar-refractivity contribution in [3.8, 4) is 0 Å². The summed E-state index contributed by atoms with van der Waals surface area (Å²) in [4.78, 5) is 16.9. The predicted octanol–water partition coefficient (Wildman–Crippen LogP) is 4.45. The Bertz CT molecular complexity index is 1370. The third-order valence-corrected chi connectivity index (χ3v) is 7.35. The summed E-state index contributed by atoms with van der Waals surface area (Å²) >= 11 is 5.55. The number of anilines is 4. The highest BCUT2D eigenvalue weighted by atomic mass is 32.1. The number of benzene rings is 2. The molecule has 1 saturated heterocycles. The van der Waals surface area contributed by atoms with E-state index in [2.05, 4.69) is 86.0 Å². The normalized spacial score (nSPS) is 15.2. The molecule has 4 heterocycles. The molecule has 8 nitrogen and oxygen atoms in total. The van der Waals surface area contributed by atoms with Crippen LogP contribution in [0.5, 0.6) is 0 Å². The summed E-state index contributed by atoms with van der Waals surface area (Å²) in [6, 6.07) is 25.1. The molecule has 194 valence electrons. The predicted molar refractivity (Wildman–Crippen MR) is 156 cm³/mol. The van der Waals surface area contributed by atoms with Crippen molar-refractivity contribution >= 4 is 40.6 Å².